The molecule has 1 N–H and O–H groups in total. The number of fused-ring (bicyclic) bond motifs is 1. The fourth-order valence-electron chi connectivity index (χ4n) is 2.63. The van der Waals surface area contributed by atoms with Crippen LogP contribution in [-0.4, -0.2) is 6.54 Å². The lowest BCUT2D eigenvalue weighted by Crippen LogP contribution is -2.14. The molecule has 3 heteroatoms. The topological polar surface area (TPSA) is 25.2 Å². The molecule has 0 saturated carbocycles. The summed E-state index contributed by atoms with van der Waals surface area (Å²) in [5.41, 5.74) is 3.69. The molecule has 2 aromatic rings. The minimum Gasteiger partial charge on any atom is -0.459 e. The summed E-state index contributed by atoms with van der Waals surface area (Å²) in [4.78, 5) is 0. The third kappa shape index (κ3) is 3.09. The van der Waals surface area contributed by atoms with Gasteiger partial charge >= 0.3 is 0 Å². The van der Waals surface area contributed by atoms with Crippen molar-refractivity contribution in [1.82, 2.24) is 5.32 Å². The van der Waals surface area contributed by atoms with Crippen LogP contribution in [0.25, 0.3) is 11.0 Å². The number of nitrogens with one attached hydrogen (secondary N) is 1. The average Bonchev–Trinajstić information content (AvgIpc) is 2.75. The molecule has 0 saturated heterocycles. The summed E-state index contributed by atoms with van der Waals surface area (Å²) < 4.78 is 7.34. The van der Waals surface area contributed by atoms with Crippen molar-refractivity contribution in [3.05, 3.63) is 33.5 Å². The van der Waals surface area contributed by atoms with Gasteiger partial charge in [0.1, 0.15) is 11.3 Å². The van der Waals surface area contributed by atoms with E-state index in [9.17, 15) is 0 Å². The molecule has 0 aliphatic rings. The highest BCUT2D eigenvalue weighted by molar-refractivity contribution is 9.10. The van der Waals surface area contributed by atoms with Crippen molar-refractivity contribution in [2.45, 2.75) is 53.0 Å². The first-order valence-electron chi connectivity index (χ1n) is 7.52. The SMILES string of the molecule is CCCNCc1oc2c(C(C)C)cc(Br)cc2c1CC. The lowest BCUT2D eigenvalue weighted by Gasteiger charge is -2.07. The first kappa shape index (κ1) is 15.6. The lowest BCUT2D eigenvalue weighted by molar-refractivity contribution is 0.505. The molecular formula is C17H24BrNO. The van der Waals surface area contributed by atoms with Crippen LogP contribution < -0.4 is 5.32 Å². The van der Waals surface area contributed by atoms with Crippen LogP contribution in [0, 0.1) is 0 Å². The second-order valence-electron chi connectivity index (χ2n) is 5.56. The van der Waals surface area contributed by atoms with Gasteiger partial charge in [-0.3, -0.25) is 0 Å². The monoisotopic (exact) mass is 337 g/mol. The molecule has 0 atom stereocenters. The third-order valence-electron chi connectivity index (χ3n) is 3.66. The minimum atomic E-state index is 0.460. The van der Waals surface area contributed by atoms with E-state index in [1.165, 1.54) is 16.5 Å². The zero-order chi connectivity index (χ0) is 14.7. The summed E-state index contributed by atoms with van der Waals surface area (Å²) in [6, 6.07) is 4.37. The maximum Gasteiger partial charge on any atom is 0.138 e. The minimum absolute atomic E-state index is 0.460. The van der Waals surface area contributed by atoms with Gasteiger partial charge in [-0.1, -0.05) is 43.6 Å². The van der Waals surface area contributed by atoms with E-state index in [-0.39, 0.29) is 0 Å². The summed E-state index contributed by atoms with van der Waals surface area (Å²) in [6.45, 7) is 10.7. The molecule has 0 aliphatic heterocycles. The zero-order valence-electron chi connectivity index (χ0n) is 12.8. The number of benzene rings is 1. The molecule has 0 fully saturated rings. The van der Waals surface area contributed by atoms with Crippen molar-refractivity contribution in [2.75, 3.05) is 6.54 Å². The molecule has 1 aromatic carbocycles. The average molecular weight is 338 g/mol. The normalized spacial score (nSPS) is 11.7. The molecule has 1 heterocycles. The van der Waals surface area contributed by atoms with E-state index in [0.29, 0.717) is 5.92 Å². The van der Waals surface area contributed by atoms with E-state index in [2.05, 4.69) is 61.1 Å². The highest BCUT2D eigenvalue weighted by Gasteiger charge is 2.17. The van der Waals surface area contributed by atoms with Crippen LogP contribution in [0.15, 0.2) is 21.0 Å². The van der Waals surface area contributed by atoms with E-state index in [0.717, 1.165) is 41.7 Å². The second-order valence-corrected chi connectivity index (χ2v) is 6.48. The van der Waals surface area contributed by atoms with Crippen molar-refractivity contribution in [3.63, 3.8) is 0 Å². The number of furan rings is 1. The van der Waals surface area contributed by atoms with Gasteiger partial charge in [-0.25, -0.2) is 0 Å². The molecule has 1 aromatic heterocycles. The Morgan fingerprint density at radius 3 is 2.60 bits per heavy atom. The fourth-order valence-corrected chi connectivity index (χ4v) is 3.10. The smallest absolute Gasteiger partial charge is 0.138 e. The summed E-state index contributed by atoms with van der Waals surface area (Å²) in [7, 11) is 0. The molecule has 2 rings (SSSR count). The van der Waals surface area contributed by atoms with Crippen LogP contribution in [0.1, 0.15) is 56.9 Å². The number of hydrogen-bond donors (Lipinski definition) is 1. The highest BCUT2D eigenvalue weighted by atomic mass is 79.9. The highest BCUT2D eigenvalue weighted by Crippen LogP contribution is 2.35. The van der Waals surface area contributed by atoms with Crippen LogP contribution in [0.5, 0.6) is 0 Å². The van der Waals surface area contributed by atoms with Gasteiger partial charge in [0.2, 0.25) is 0 Å². The number of hydrogen-bond acceptors (Lipinski definition) is 2. The quantitative estimate of drug-likeness (QED) is 0.715. The molecule has 0 aliphatic carbocycles. The third-order valence-corrected chi connectivity index (χ3v) is 4.12. The van der Waals surface area contributed by atoms with E-state index in [4.69, 9.17) is 4.42 Å². The number of halogens is 1. The molecule has 0 spiro atoms. The van der Waals surface area contributed by atoms with Crippen LogP contribution >= 0.6 is 15.9 Å². The first-order chi connectivity index (χ1) is 9.58. The van der Waals surface area contributed by atoms with Crippen LogP contribution in [0.4, 0.5) is 0 Å². The molecule has 0 amide bonds. The summed E-state index contributed by atoms with van der Waals surface area (Å²) >= 11 is 3.63. The van der Waals surface area contributed by atoms with Gasteiger partial charge in [-0.2, -0.15) is 0 Å². The zero-order valence-corrected chi connectivity index (χ0v) is 14.4. The van der Waals surface area contributed by atoms with Crippen LogP contribution in [-0.2, 0) is 13.0 Å². The van der Waals surface area contributed by atoms with Gasteiger partial charge in [-0.15, -0.1) is 0 Å². The summed E-state index contributed by atoms with van der Waals surface area (Å²) in [5, 5.41) is 4.71. The second kappa shape index (κ2) is 6.77. The van der Waals surface area contributed by atoms with Crippen LogP contribution in [0.2, 0.25) is 0 Å². The van der Waals surface area contributed by atoms with E-state index < -0.39 is 0 Å². The molecule has 0 radical (unpaired) electrons. The van der Waals surface area contributed by atoms with Gasteiger partial charge in [-0.05, 0) is 43.0 Å². The van der Waals surface area contributed by atoms with Crippen molar-refractivity contribution < 1.29 is 4.42 Å². The Morgan fingerprint density at radius 2 is 2.00 bits per heavy atom. The maximum atomic E-state index is 6.20. The van der Waals surface area contributed by atoms with Gasteiger partial charge in [0, 0.05) is 15.4 Å². The molecule has 0 bridgehead atoms. The van der Waals surface area contributed by atoms with Gasteiger partial charge in [0.15, 0.2) is 0 Å². The van der Waals surface area contributed by atoms with E-state index in [1.54, 1.807) is 0 Å². The van der Waals surface area contributed by atoms with Gasteiger partial charge < -0.3 is 9.73 Å². The number of aryl methyl sites for hydroxylation is 1. The Balaban J connectivity index is 2.52. The largest absolute Gasteiger partial charge is 0.459 e. The lowest BCUT2D eigenvalue weighted by atomic mass is 9.99. The maximum absolute atomic E-state index is 6.20. The Labute approximate surface area is 130 Å². The van der Waals surface area contributed by atoms with Crippen molar-refractivity contribution in [2.24, 2.45) is 0 Å². The standard InChI is InChI=1S/C17H24BrNO/c1-5-7-19-10-16-13(6-2)15-9-12(18)8-14(11(3)4)17(15)20-16/h8-9,11,19H,5-7,10H2,1-4H3. The van der Waals surface area contributed by atoms with E-state index >= 15 is 0 Å². The molecular weight excluding hydrogens is 314 g/mol. The fraction of sp³-hybridized carbons (Fsp3) is 0.529. The Hall–Kier alpha value is -0.800. The molecule has 0 unspecified atom stereocenters. The van der Waals surface area contributed by atoms with Gasteiger partial charge in [0.25, 0.3) is 0 Å². The first-order valence-corrected chi connectivity index (χ1v) is 8.32. The van der Waals surface area contributed by atoms with Gasteiger partial charge in [0.05, 0.1) is 6.54 Å². The van der Waals surface area contributed by atoms with Crippen molar-refractivity contribution in [1.29, 1.82) is 0 Å². The summed E-state index contributed by atoms with van der Waals surface area (Å²) in [6.07, 6.45) is 2.15. The van der Waals surface area contributed by atoms with Crippen molar-refractivity contribution in [3.8, 4) is 0 Å². The van der Waals surface area contributed by atoms with E-state index in [1.807, 2.05) is 0 Å². The Morgan fingerprint density at radius 1 is 1.25 bits per heavy atom. The van der Waals surface area contributed by atoms with Crippen LogP contribution in [0.3, 0.4) is 0 Å². The predicted octanol–water partition coefficient (Wildman–Crippen LogP) is 5.38. The molecule has 20 heavy (non-hydrogen) atoms. The Kier molecular flexibility index (Phi) is 5.28. The predicted molar refractivity (Wildman–Crippen MR) is 89.4 cm³/mol. The molecule has 110 valence electrons. The molecule has 2 nitrogen and oxygen atoms in total. The number of rotatable bonds is 6. The van der Waals surface area contributed by atoms with Crippen molar-refractivity contribution >= 4 is 26.9 Å². The summed E-state index contributed by atoms with van der Waals surface area (Å²) in [5.74, 6) is 1.55. The Bertz CT molecular complexity index is 586.